The van der Waals surface area contributed by atoms with Gasteiger partial charge in [0.15, 0.2) is 0 Å². The first kappa shape index (κ1) is 16.0. The molecule has 21 heavy (non-hydrogen) atoms. The van der Waals surface area contributed by atoms with E-state index in [1.165, 1.54) is 11.1 Å². The lowest BCUT2D eigenvalue weighted by Crippen LogP contribution is -2.20. The van der Waals surface area contributed by atoms with E-state index in [2.05, 4.69) is 43.4 Å². The van der Waals surface area contributed by atoms with Crippen LogP contribution in [0.4, 0.5) is 4.39 Å². The third kappa shape index (κ3) is 3.84. The summed E-state index contributed by atoms with van der Waals surface area (Å²) in [4.78, 5) is 0. The standard InChI is InChI=1S/C18H21ClFN/c1-12(2)14-9-7-13(8-10-14)11-17(21-3)15-5-4-6-16(19)18(15)20/h4-10,12,17,21H,11H2,1-3H3. The predicted octanol–water partition coefficient (Wildman–Crippen LogP) is 5.11. The Labute approximate surface area is 131 Å². The van der Waals surface area contributed by atoms with Gasteiger partial charge in [0.1, 0.15) is 5.82 Å². The van der Waals surface area contributed by atoms with Gasteiger partial charge in [-0.15, -0.1) is 0 Å². The van der Waals surface area contributed by atoms with Gasteiger partial charge in [0.05, 0.1) is 5.02 Å². The van der Waals surface area contributed by atoms with Crippen LogP contribution in [-0.4, -0.2) is 7.05 Å². The third-order valence-corrected chi connectivity index (χ3v) is 4.08. The fraction of sp³-hybridized carbons (Fsp3) is 0.333. The Morgan fingerprint density at radius 1 is 1.10 bits per heavy atom. The minimum absolute atomic E-state index is 0.0893. The summed E-state index contributed by atoms with van der Waals surface area (Å²) in [5.74, 6) is 0.182. The van der Waals surface area contributed by atoms with E-state index in [1.54, 1.807) is 18.2 Å². The average molecular weight is 306 g/mol. The van der Waals surface area contributed by atoms with Gasteiger partial charge in [-0.3, -0.25) is 0 Å². The highest BCUT2D eigenvalue weighted by molar-refractivity contribution is 6.30. The molecule has 0 bridgehead atoms. The quantitative estimate of drug-likeness (QED) is 0.810. The Bertz CT molecular complexity index is 593. The predicted molar refractivity (Wildman–Crippen MR) is 87.4 cm³/mol. The van der Waals surface area contributed by atoms with Crippen molar-refractivity contribution in [3.8, 4) is 0 Å². The lowest BCUT2D eigenvalue weighted by molar-refractivity contribution is 0.534. The number of benzene rings is 2. The number of halogens is 2. The first-order valence-electron chi connectivity index (χ1n) is 7.23. The molecule has 0 amide bonds. The molecule has 0 fully saturated rings. The van der Waals surface area contributed by atoms with Gasteiger partial charge < -0.3 is 5.32 Å². The van der Waals surface area contributed by atoms with Crippen molar-refractivity contribution in [2.75, 3.05) is 7.05 Å². The van der Waals surface area contributed by atoms with Gasteiger partial charge in [0.2, 0.25) is 0 Å². The number of rotatable bonds is 5. The van der Waals surface area contributed by atoms with Gasteiger partial charge in [0.25, 0.3) is 0 Å². The third-order valence-electron chi connectivity index (χ3n) is 3.79. The number of hydrogen-bond donors (Lipinski definition) is 1. The summed E-state index contributed by atoms with van der Waals surface area (Å²) in [5.41, 5.74) is 3.10. The molecule has 1 N–H and O–H groups in total. The fourth-order valence-corrected chi connectivity index (χ4v) is 2.61. The van der Waals surface area contributed by atoms with Gasteiger partial charge >= 0.3 is 0 Å². The van der Waals surface area contributed by atoms with Gasteiger partial charge in [-0.2, -0.15) is 0 Å². The molecule has 2 aromatic carbocycles. The van der Waals surface area contributed by atoms with Crippen LogP contribution in [0, 0.1) is 5.82 Å². The molecular formula is C18H21ClFN. The second-order valence-corrected chi connectivity index (χ2v) is 5.99. The van der Waals surface area contributed by atoms with E-state index in [1.807, 2.05) is 7.05 Å². The van der Waals surface area contributed by atoms with Crippen LogP contribution in [-0.2, 0) is 6.42 Å². The highest BCUT2D eigenvalue weighted by Gasteiger charge is 2.16. The summed E-state index contributed by atoms with van der Waals surface area (Å²) in [5, 5.41) is 3.34. The molecule has 2 aromatic rings. The molecule has 0 saturated carbocycles. The average Bonchev–Trinajstić information content (AvgIpc) is 2.48. The fourth-order valence-electron chi connectivity index (χ4n) is 2.43. The summed E-state index contributed by atoms with van der Waals surface area (Å²) in [7, 11) is 1.84. The maximum Gasteiger partial charge on any atom is 0.146 e. The molecule has 112 valence electrons. The molecule has 1 nitrogen and oxygen atoms in total. The van der Waals surface area contributed by atoms with Crippen LogP contribution in [0.15, 0.2) is 42.5 Å². The van der Waals surface area contributed by atoms with Crippen molar-refractivity contribution in [1.82, 2.24) is 5.32 Å². The van der Waals surface area contributed by atoms with E-state index >= 15 is 0 Å². The van der Waals surface area contributed by atoms with Gasteiger partial charge in [-0.25, -0.2) is 4.39 Å². The van der Waals surface area contributed by atoms with E-state index in [9.17, 15) is 4.39 Å². The monoisotopic (exact) mass is 305 g/mol. The summed E-state index contributed by atoms with van der Waals surface area (Å²) in [6.45, 7) is 4.35. The van der Waals surface area contributed by atoms with E-state index < -0.39 is 0 Å². The Balaban J connectivity index is 2.21. The highest BCUT2D eigenvalue weighted by Crippen LogP contribution is 2.26. The molecule has 0 heterocycles. The molecule has 0 aromatic heterocycles. The molecule has 0 saturated heterocycles. The Morgan fingerprint density at radius 3 is 2.33 bits per heavy atom. The van der Waals surface area contributed by atoms with Crippen molar-refractivity contribution >= 4 is 11.6 Å². The van der Waals surface area contributed by atoms with Gasteiger partial charge in [0, 0.05) is 11.6 Å². The van der Waals surface area contributed by atoms with Crippen LogP contribution in [0.1, 0.15) is 42.5 Å². The lowest BCUT2D eigenvalue weighted by Gasteiger charge is -2.18. The normalized spacial score (nSPS) is 12.7. The molecule has 0 aliphatic carbocycles. The zero-order valence-corrected chi connectivity index (χ0v) is 13.4. The van der Waals surface area contributed by atoms with E-state index in [4.69, 9.17) is 11.6 Å². The van der Waals surface area contributed by atoms with Crippen LogP contribution in [0.2, 0.25) is 5.02 Å². The number of nitrogens with one attached hydrogen (secondary N) is 1. The lowest BCUT2D eigenvalue weighted by atomic mass is 9.96. The topological polar surface area (TPSA) is 12.0 Å². The molecule has 0 aliphatic rings. The Kier molecular flexibility index (Phi) is 5.38. The molecular weight excluding hydrogens is 285 g/mol. The number of likely N-dealkylation sites (N-methyl/N-ethyl adjacent to an activating group) is 1. The van der Waals surface area contributed by atoms with E-state index in [0.29, 0.717) is 11.5 Å². The van der Waals surface area contributed by atoms with Gasteiger partial charge in [-0.05, 0) is 36.6 Å². The van der Waals surface area contributed by atoms with Crippen LogP contribution < -0.4 is 5.32 Å². The molecule has 2 rings (SSSR count). The maximum atomic E-state index is 14.1. The molecule has 0 spiro atoms. The highest BCUT2D eigenvalue weighted by atomic mass is 35.5. The molecule has 0 aliphatic heterocycles. The zero-order valence-electron chi connectivity index (χ0n) is 12.7. The molecule has 0 radical (unpaired) electrons. The van der Waals surface area contributed by atoms with Crippen LogP contribution in [0.3, 0.4) is 0 Å². The first-order valence-corrected chi connectivity index (χ1v) is 7.60. The Morgan fingerprint density at radius 2 is 1.76 bits per heavy atom. The molecule has 1 atom stereocenters. The largest absolute Gasteiger partial charge is 0.313 e. The second kappa shape index (κ2) is 7.06. The van der Waals surface area contributed by atoms with Crippen LogP contribution in [0.25, 0.3) is 0 Å². The van der Waals surface area contributed by atoms with Crippen molar-refractivity contribution < 1.29 is 4.39 Å². The van der Waals surface area contributed by atoms with Gasteiger partial charge in [-0.1, -0.05) is 61.8 Å². The maximum absolute atomic E-state index is 14.1. The summed E-state index contributed by atoms with van der Waals surface area (Å²) in [6.07, 6.45) is 0.728. The minimum Gasteiger partial charge on any atom is -0.313 e. The van der Waals surface area contributed by atoms with Crippen molar-refractivity contribution in [2.24, 2.45) is 0 Å². The molecule has 3 heteroatoms. The Hall–Kier alpha value is -1.38. The molecule has 1 unspecified atom stereocenters. The first-order chi connectivity index (χ1) is 10.0. The number of hydrogen-bond acceptors (Lipinski definition) is 1. The smallest absolute Gasteiger partial charge is 0.146 e. The van der Waals surface area contributed by atoms with Crippen LogP contribution in [0.5, 0.6) is 0 Å². The van der Waals surface area contributed by atoms with Crippen molar-refractivity contribution in [3.63, 3.8) is 0 Å². The van der Waals surface area contributed by atoms with E-state index in [-0.39, 0.29) is 16.9 Å². The SMILES string of the molecule is CNC(Cc1ccc(C(C)C)cc1)c1cccc(Cl)c1F. The van der Waals surface area contributed by atoms with Crippen molar-refractivity contribution in [3.05, 3.63) is 70.0 Å². The van der Waals surface area contributed by atoms with Crippen LogP contribution >= 0.6 is 11.6 Å². The van der Waals surface area contributed by atoms with Crippen molar-refractivity contribution in [2.45, 2.75) is 32.2 Å². The van der Waals surface area contributed by atoms with E-state index in [0.717, 1.165) is 6.42 Å². The van der Waals surface area contributed by atoms with Crippen molar-refractivity contribution in [1.29, 1.82) is 0 Å². The summed E-state index contributed by atoms with van der Waals surface area (Å²) < 4.78 is 14.1. The minimum atomic E-state index is -0.336. The second-order valence-electron chi connectivity index (χ2n) is 5.58. The summed E-state index contributed by atoms with van der Waals surface area (Å²) in [6, 6.07) is 13.6. The zero-order chi connectivity index (χ0) is 15.4. The summed E-state index contributed by atoms with van der Waals surface area (Å²) >= 11 is 5.87.